The van der Waals surface area contributed by atoms with Gasteiger partial charge in [0.05, 0.1) is 6.04 Å². The maximum atomic E-state index is 12.7. The van der Waals surface area contributed by atoms with E-state index in [0.29, 0.717) is 0 Å². The van der Waals surface area contributed by atoms with Gasteiger partial charge in [-0.15, -0.1) is 0 Å². The minimum absolute atomic E-state index is 0.00487. The summed E-state index contributed by atoms with van der Waals surface area (Å²) < 4.78 is 5.39. The summed E-state index contributed by atoms with van der Waals surface area (Å²) in [4.78, 5) is 14.6. The molecule has 0 spiro atoms. The van der Waals surface area contributed by atoms with Crippen molar-refractivity contribution in [3.8, 4) is 0 Å². The number of nitrogens with zero attached hydrogens (tertiary/aromatic N) is 2. The lowest BCUT2D eigenvalue weighted by molar-refractivity contribution is 0.204. The second-order valence-electron chi connectivity index (χ2n) is 6.63. The van der Waals surface area contributed by atoms with Gasteiger partial charge in [0.15, 0.2) is 0 Å². The molecule has 0 bridgehead atoms. The van der Waals surface area contributed by atoms with Crippen LogP contribution in [0.1, 0.15) is 54.8 Å². The molecule has 1 fully saturated rings. The molecule has 5 nitrogen and oxygen atoms in total. The number of aromatic nitrogens is 1. The van der Waals surface area contributed by atoms with Crippen LogP contribution in [-0.4, -0.2) is 22.6 Å². The SMILES string of the molecule is CCCc1cc([C@@H]2CCCN2C(=O)Nc2cc(C)cc(C)c2)no1. The zero-order valence-corrected chi connectivity index (χ0v) is 14.6. The van der Waals surface area contributed by atoms with Gasteiger partial charge in [0.1, 0.15) is 11.5 Å². The summed E-state index contributed by atoms with van der Waals surface area (Å²) >= 11 is 0. The van der Waals surface area contributed by atoms with E-state index in [-0.39, 0.29) is 12.1 Å². The molecule has 0 saturated carbocycles. The van der Waals surface area contributed by atoms with Crippen molar-refractivity contribution in [1.82, 2.24) is 10.1 Å². The Morgan fingerprint density at radius 1 is 1.29 bits per heavy atom. The summed E-state index contributed by atoms with van der Waals surface area (Å²) in [5, 5.41) is 7.21. The topological polar surface area (TPSA) is 58.4 Å². The molecular weight excluding hydrogens is 302 g/mol. The van der Waals surface area contributed by atoms with Crippen LogP contribution >= 0.6 is 0 Å². The Kier molecular flexibility index (Phi) is 4.88. The highest BCUT2D eigenvalue weighted by Crippen LogP contribution is 2.32. The van der Waals surface area contributed by atoms with Crippen LogP contribution in [0.4, 0.5) is 10.5 Å². The van der Waals surface area contributed by atoms with Crippen molar-refractivity contribution in [2.75, 3.05) is 11.9 Å². The molecule has 0 aliphatic carbocycles. The lowest BCUT2D eigenvalue weighted by Crippen LogP contribution is -2.34. The van der Waals surface area contributed by atoms with Crippen LogP contribution in [0.15, 0.2) is 28.8 Å². The first kappa shape index (κ1) is 16.6. The number of carbonyl (C=O) groups excluding carboxylic acids is 1. The Bertz CT molecular complexity index is 703. The van der Waals surface area contributed by atoms with E-state index in [0.717, 1.165) is 60.5 Å². The van der Waals surface area contributed by atoms with Crippen LogP contribution in [0.3, 0.4) is 0 Å². The molecule has 128 valence electrons. The van der Waals surface area contributed by atoms with Gasteiger partial charge in [0.2, 0.25) is 0 Å². The molecule has 2 aromatic rings. The fourth-order valence-electron chi connectivity index (χ4n) is 3.41. The second kappa shape index (κ2) is 7.07. The van der Waals surface area contributed by atoms with Gasteiger partial charge in [0, 0.05) is 24.7 Å². The molecule has 1 N–H and O–H groups in total. The third-order valence-corrected chi connectivity index (χ3v) is 4.40. The molecule has 24 heavy (non-hydrogen) atoms. The largest absolute Gasteiger partial charge is 0.361 e. The number of likely N-dealkylation sites (tertiary alicyclic amines) is 1. The molecule has 2 heterocycles. The lowest BCUT2D eigenvalue weighted by Gasteiger charge is -2.23. The van der Waals surface area contributed by atoms with Gasteiger partial charge in [-0.05, 0) is 56.4 Å². The smallest absolute Gasteiger partial charge is 0.322 e. The second-order valence-corrected chi connectivity index (χ2v) is 6.63. The predicted molar refractivity (Wildman–Crippen MR) is 94.1 cm³/mol. The molecule has 0 radical (unpaired) electrons. The number of aryl methyl sites for hydroxylation is 3. The number of urea groups is 1. The number of amides is 2. The summed E-state index contributed by atoms with van der Waals surface area (Å²) in [5.74, 6) is 0.897. The van der Waals surface area contributed by atoms with E-state index >= 15 is 0 Å². The quantitative estimate of drug-likeness (QED) is 0.892. The molecule has 0 unspecified atom stereocenters. The van der Waals surface area contributed by atoms with E-state index in [1.807, 2.05) is 36.9 Å². The first-order valence-electron chi connectivity index (χ1n) is 8.68. The van der Waals surface area contributed by atoms with Crippen molar-refractivity contribution in [1.29, 1.82) is 0 Å². The van der Waals surface area contributed by atoms with Gasteiger partial charge < -0.3 is 14.7 Å². The van der Waals surface area contributed by atoms with Gasteiger partial charge >= 0.3 is 6.03 Å². The summed E-state index contributed by atoms with van der Waals surface area (Å²) in [6.45, 7) is 6.93. The standard InChI is InChI=1S/C19H25N3O2/c1-4-6-16-12-17(21-24-16)18-7-5-8-22(18)19(23)20-15-10-13(2)9-14(3)11-15/h9-12,18H,4-8H2,1-3H3,(H,20,23)/t18-/m0/s1. The highest BCUT2D eigenvalue weighted by molar-refractivity contribution is 5.90. The fraction of sp³-hybridized carbons (Fsp3) is 0.474. The molecule has 1 aromatic heterocycles. The van der Waals surface area contributed by atoms with Crippen LogP contribution in [0.5, 0.6) is 0 Å². The molecular formula is C19H25N3O2. The van der Waals surface area contributed by atoms with E-state index in [1.54, 1.807) is 0 Å². The van der Waals surface area contributed by atoms with Gasteiger partial charge in [-0.1, -0.05) is 18.1 Å². The molecule has 1 aliphatic rings. The molecule has 1 atom stereocenters. The first-order valence-corrected chi connectivity index (χ1v) is 8.68. The first-order chi connectivity index (χ1) is 11.6. The highest BCUT2D eigenvalue weighted by atomic mass is 16.5. The third-order valence-electron chi connectivity index (χ3n) is 4.40. The minimum Gasteiger partial charge on any atom is -0.361 e. The maximum absolute atomic E-state index is 12.7. The van der Waals surface area contributed by atoms with Gasteiger partial charge in [0.25, 0.3) is 0 Å². The molecule has 1 saturated heterocycles. The fourth-order valence-corrected chi connectivity index (χ4v) is 3.41. The Labute approximate surface area is 143 Å². The van der Waals surface area contributed by atoms with E-state index < -0.39 is 0 Å². The Morgan fingerprint density at radius 3 is 2.75 bits per heavy atom. The van der Waals surface area contributed by atoms with Crippen molar-refractivity contribution in [2.24, 2.45) is 0 Å². The molecule has 3 rings (SSSR count). The van der Waals surface area contributed by atoms with Crippen LogP contribution in [-0.2, 0) is 6.42 Å². The Balaban J connectivity index is 1.73. The van der Waals surface area contributed by atoms with E-state index in [1.165, 1.54) is 0 Å². The van der Waals surface area contributed by atoms with Crippen molar-refractivity contribution < 1.29 is 9.32 Å². The van der Waals surface area contributed by atoms with E-state index in [9.17, 15) is 4.79 Å². The normalized spacial score (nSPS) is 17.3. The predicted octanol–water partition coefficient (Wildman–Crippen LogP) is 4.61. The van der Waals surface area contributed by atoms with Crippen LogP contribution in [0, 0.1) is 13.8 Å². The van der Waals surface area contributed by atoms with Crippen LogP contribution < -0.4 is 5.32 Å². The zero-order chi connectivity index (χ0) is 17.1. The van der Waals surface area contributed by atoms with Gasteiger partial charge in [-0.25, -0.2) is 4.79 Å². The van der Waals surface area contributed by atoms with Crippen molar-refractivity contribution in [2.45, 2.75) is 52.5 Å². The number of hydrogen-bond acceptors (Lipinski definition) is 3. The zero-order valence-electron chi connectivity index (χ0n) is 14.6. The van der Waals surface area contributed by atoms with Crippen molar-refractivity contribution in [3.05, 3.63) is 46.8 Å². The number of rotatable bonds is 4. The lowest BCUT2D eigenvalue weighted by atomic mass is 10.1. The van der Waals surface area contributed by atoms with Crippen LogP contribution in [0.25, 0.3) is 0 Å². The molecule has 1 aromatic carbocycles. The maximum Gasteiger partial charge on any atom is 0.322 e. The van der Waals surface area contributed by atoms with E-state index in [2.05, 4.69) is 23.5 Å². The average molecular weight is 327 g/mol. The van der Waals surface area contributed by atoms with Crippen molar-refractivity contribution in [3.63, 3.8) is 0 Å². The summed E-state index contributed by atoms with van der Waals surface area (Å²) in [7, 11) is 0. The number of anilines is 1. The monoisotopic (exact) mass is 327 g/mol. The van der Waals surface area contributed by atoms with Crippen LogP contribution in [0.2, 0.25) is 0 Å². The Hall–Kier alpha value is -2.30. The molecule has 2 amide bonds. The average Bonchev–Trinajstić information content (AvgIpc) is 3.14. The Morgan fingerprint density at radius 2 is 2.04 bits per heavy atom. The van der Waals surface area contributed by atoms with Gasteiger partial charge in [-0.2, -0.15) is 0 Å². The number of nitrogens with one attached hydrogen (secondary N) is 1. The molecule has 1 aliphatic heterocycles. The number of benzene rings is 1. The minimum atomic E-state index is -0.0671. The highest BCUT2D eigenvalue weighted by Gasteiger charge is 2.32. The van der Waals surface area contributed by atoms with Gasteiger partial charge in [-0.3, -0.25) is 0 Å². The summed E-state index contributed by atoms with van der Waals surface area (Å²) in [6.07, 6.45) is 3.82. The summed E-state index contributed by atoms with van der Waals surface area (Å²) in [5.41, 5.74) is 3.99. The van der Waals surface area contributed by atoms with E-state index in [4.69, 9.17) is 4.52 Å². The number of hydrogen-bond donors (Lipinski definition) is 1. The van der Waals surface area contributed by atoms with Crippen molar-refractivity contribution >= 4 is 11.7 Å². The third kappa shape index (κ3) is 3.61. The number of carbonyl (C=O) groups is 1. The summed E-state index contributed by atoms with van der Waals surface area (Å²) in [6, 6.07) is 8.01. The molecule has 5 heteroatoms.